The molecule has 1 atom stereocenters. The van der Waals surface area contributed by atoms with Gasteiger partial charge in [0.05, 0.1) is 6.61 Å². The van der Waals surface area contributed by atoms with E-state index in [2.05, 4.69) is 5.32 Å². The molecule has 0 spiro atoms. The molecule has 3 nitrogen and oxygen atoms in total. The number of esters is 1. The molecule has 0 bridgehead atoms. The summed E-state index contributed by atoms with van der Waals surface area (Å²) in [5, 5.41) is 4.32. The van der Waals surface area contributed by atoms with Crippen LogP contribution in [-0.2, 0) is 9.53 Å². The highest BCUT2D eigenvalue weighted by Crippen LogP contribution is 2.14. The molecule has 0 amide bonds. The van der Waals surface area contributed by atoms with E-state index in [-0.39, 0.29) is 5.97 Å². The molecule has 69 valence electrons. The van der Waals surface area contributed by atoms with E-state index < -0.39 is 0 Å². The van der Waals surface area contributed by atoms with E-state index in [9.17, 15) is 4.79 Å². The monoisotopic (exact) mass is 170 g/mol. The summed E-state index contributed by atoms with van der Waals surface area (Å²) in [4.78, 5) is 10.4. The van der Waals surface area contributed by atoms with Crippen molar-refractivity contribution in [3.8, 4) is 0 Å². The first-order valence-electron chi connectivity index (χ1n) is 4.55. The summed E-state index contributed by atoms with van der Waals surface area (Å²) in [7, 11) is 0. The van der Waals surface area contributed by atoms with E-state index in [1.165, 1.54) is 19.8 Å². The predicted octanol–water partition coefficient (Wildman–Crippen LogP) is 0.954. The first kappa shape index (κ1) is 9.52. The Morgan fingerprint density at radius 2 is 2.50 bits per heavy atom. The lowest BCUT2D eigenvalue weighted by molar-refractivity contribution is -0.141. The van der Waals surface area contributed by atoms with Crippen molar-refractivity contribution < 1.29 is 9.53 Å². The molecular formula is C9H16NO2. The second-order valence-electron chi connectivity index (χ2n) is 3.27. The number of carbonyl (C=O) groups excluding carboxylic acids is 1. The molecule has 1 radical (unpaired) electrons. The highest BCUT2D eigenvalue weighted by Gasteiger charge is 2.13. The lowest BCUT2D eigenvalue weighted by Crippen LogP contribution is -2.25. The number of ether oxygens (including phenoxy) is 1. The molecule has 0 aromatic rings. The van der Waals surface area contributed by atoms with Gasteiger partial charge in [0.2, 0.25) is 0 Å². The smallest absolute Gasteiger partial charge is 0.302 e. The van der Waals surface area contributed by atoms with Crippen molar-refractivity contribution in [3.63, 3.8) is 0 Å². The quantitative estimate of drug-likeness (QED) is 0.592. The molecule has 1 heterocycles. The fourth-order valence-electron chi connectivity index (χ4n) is 1.46. The van der Waals surface area contributed by atoms with Gasteiger partial charge in [-0.3, -0.25) is 4.79 Å². The highest BCUT2D eigenvalue weighted by atomic mass is 16.5. The largest absolute Gasteiger partial charge is 0.466 e. The van der Waals surface area contributed by atoms with Crippen molar-refractivity contribution in [3.05, 3.63) is 0 Å². The average molecular weight is 170 g/mol. The summed E-state index contributed by atoms with van der Waals surface area (Å²) in [5.41, 5.74) is 0. The lowest BCUT2D eigenvalue weighted by Gasteiger charge is -2.20. The maximum atomic E-state index is 10.4. The molecule has 3 heteroatoms. The summed E-state index contributed by atoms with van der Waals surface area (Å²) < 4.78 is 4.86. The first-order valence-corrected chi connectivity index (χ1v) is 4.55. The van der Waals surface area contributed by atoms with Gasteiger partial charge in [-0.1, -0.05) is 0 Å². The van der Waals surface area contributed by atoms with Crippen LogP contribution < -0.4 is 5.32 Å². The Hall–Kier alpha value is -0.570. The molecule has 1 aliphatic heterocycles. The molecule has 0 aliphatic carbocycles. The Kier molecular flexibility index (Phi) is 4.08. The van der Waals surface area contributed by atoms with Gasteiger partial charge in [0.15, 0.2) is 0 Å². The van der Waals surface area contributed by atoms with Crippen LogP contribution in [0.15, 0.2) is 0 Å². The third kappa shape index (κ3) is 3.72. The van der Waals surface area contributed by atoms with Crippen molar-refractivity contribution in [1.82, 2.24) is 5.32 Å². The molecule has 12 heavy (non-hydrogen) atoms. The number of carbonyl (C=O) groups is 1. The topological polar surface area (TPSA) is 40.4 Å². The zero-order valence-electron chi connectivity index (χ0n) is 7.58. The van der Waals surface area contributed by atoms with Gasteiger partial charge in [-0.2, -0.15) is 0 Å². The standard InChI is InChI=1S/C9H16NO2/c1-8(11)12-6-4-9-3-2-5-10-7-9/h9H,2-7H2,1H3. The van der Waals surface area contributed by atoms with Crippen LogP contribution >= 0.6 is 0 Å². The minimum Gasteiger partial charge on any atom is -0.466 e. The molecule has 0 saturated carbocycles. The van der Waals surface area contributed by atoms with Crippen LogP contribution in [0.2, 0.25) is 0 Å². The Morgan fingerprint density at radius 1 is 1.67 bits per heavy atom. The molecule has 1 rings (SSSR count). The van der Waals surface area contributed by atoms with Gasteiger partial charge >= 0.3 is 5.97 Å². The fraction of sp³-hybridized carbons (Fsp3) is 0.889. The van der Waals surface area contributed by atoms with Gasteiger partial charge in [-0.15, -0.1) is 0 Å². The minimum atomic E-state index is -0.178. The van der Waals surface area contributed by atoms with Crippen molar-refractivity contribution in [2.75, 3.05) is 19.7 Å². The summed E-state index contributed by atoms with van der Waals surface area (Å²) in [5.74, 6) is 0.473. The van der Waals surface area contributed by atoms with E-state index in [0.29, 0.717) is 12.5 Å². The molecule has 0 aromatic heterocycles. The number of hydrogen-bond acceptors (Lipinski definition) is 2. The molecule has 1 fully saturated rings. The molecule has 1 aliphatic rings. The summed E-state index contributed by atoms with van der Waals surface area (Å²) in [6, 6.07) is 0. The van der Waals surface area contributed by atoms with E-state index in [1.807, 2.05) is 0 Å². The summed E-state index contributed by atoms with van der Waals surface area (Å²) >= 11 is 0. The van der Waals surface area contributed by atoms with E-state index in [1.54, 1.807) is 0 Å². The zero-order valence-corrected chi connectivity index (χ0v) is 7.58. The first-order chi connectivity index (χ1) is 5.79. The van der Waals surface area contributed by atoms with Gasteiger partial charge < -0.3 is 4.74 Å². The van der Waals surface area contributed by atoms with Crippen LogP contribution in [0, 0.1) is 5.92 Å². The van der Waals surface area contributed by atoms with Crippen molar-refractivity contribution in [2.45, 2.75) is 26.2 Å². The third-order valence-corrected chi connectivity index (χ3v) is 2.15. The molecule has 0 aromatic carbocycles. The average Bonchev–Trinajstić information content (AvgIpc) is 2.05. The Balaban J connectivity index is 2.01. The van der Waals surface area contributed by atoms with E-state index in [0.717, 1.165) is 19.5 Å². The molecule has 1 unspecified atom stereocenters. The zero-order chi connectivity index (χ0) is 8.81. The van der Waals surface area contributed by atoms with E-state index in [4.69, 9.17) is 4.74 Å². The van der Waals surface area contributed by atoms with Crippen LogP contribution in [0.1, 0.15) is 26.2 Å². The second kappa shape index (κ2) is 5.14. The normalized spacial score (nSPS) is 23.6. The third-order valence-electron chi connectivity index (χ3n) is 2.15. The Morgan fingerprint density at radius 3 is 3.08 bits per heavy atom. The van der Waals surface area contributed by atoms with Crippen LogP contribution in [0.3, 0.4) is 0 Å². The fourth-order valence-corrected chi connectivity index (χ4v) is 1.46. The summed E-state index contributed by atoms with van der Waals surface area (Å²) in [6.07, 6.45) is 3.42. The van der Waals surface area contributed by atoms with Gasteiger partial charge in [0, 0.05) is 20.0 Å². The maximum absolute atomic E-state index is 10.4. The van der Waals surface area contributed by atoms with Crippen LogP contribution in [-0.4, -0.2) is 25.7 Å². The summed E-state index contributed by atoms with van der Waals surface area (Å²) in [6.45, 7) is 3.99. The van der Waals surface area contributed by atoms with Crippen LogP contribution in [0.5, 0.6) is 0 Å². The highest BCUT2D eigenvalue weighted by molar-refractivity contribution is 5.65. The van der Waals surface area contributed by atoms with Crippen molar-refractivity contribution >= 4 is 5.97 Å². The van der Waals surface area contributed by atoms with Gasteiger partial charge in [-0.05, 0) is 25.2 Å². The Bertz CT molecular complexity index is 141. The number of rotatable bonds is 3. The number of piperidine rings is 1. The van der Waals surface area contributed by atoms with E-state index >= 15 is 0 Å². The van der Waals surface area contributed by atoms with Crippen molar-refractivity contribution in [1.29, 1.82) is 0 Å². The van der Waals surface area contributed by atoms with Gasteiger partial charge in [0.25, 0.3) is 0 Å². The number of nitrogens with zero attached hydrogens (tertiary/aromatic N) is 1. The lowest BCUT2D eigenvalue weighted by atomic mass is 9.97. The van der Waals surface area contributed by atoms with Gasteiger partial charge in [0.1, 0.15) is 0 Å². The maximum Gasteiger partial charge on any atom is 0.302 e. The second-order valence-corrected chi connectivity index (χ2v) is 3.27. The molecule has 0 N–H and O–H groups in total. The SMILES string of the molecule is CC(=O)OCCC1CCC[N]C1. The van der Waals surface area contributed by atoms with Crippen molar-refractivity contribution in [2.24, 2.45) is 5.92 Å². The Labute approximate surface area is 73.5 Å². The van der Waals surface area contributed by atoms with Gasteiger partial charge in [-0.25, -0.2) is 5.32 Å². The van der Waals surface area contributed by atoms with Crippen LogP contribution in [0.25, 0.3) is 0 Å². The number of hydrogen-bond donors (Lipinski definition) is 0. The predicted molar refractivity (Wildman–Crippen MR) is 45.8 cm³/mol. The minimum absolute atomic E-state index is 0.178. The molecule has 1 saturated heterocycles. The molecular weight excluding hydrogens is 154 g/mol. The van der Waals surface area contributed by atoms with Crippen LogP contribution in [0.4, 0.5) is 0 Å².